The van der Waals surface area contributed by atoms with E-state index >= 15 is 0 Å². The summed E-state index contributed by atoms with van der Waals surface area (Å²) in [5.74, 6) is 0. The monoisotopic (exact) mass is 242 g/mol. The molecule has 0 radical (unpaired) electrons. The molecule has 1 saturated carbocycles. The van der Waals surface area contributed by atoms with Gasteiger partial charge in [-0.3, -0.25) is 4.90 Å². The van der Waals surface area contributed by atoms with Crippen LogP contribution in [0.3, 0.4) is 0 Å². The van der Waals surface area contributed by atoms with Crippen molar-refractivity contribution in [3.63, 3.8) is 0 Å². The maximum atomic E-state index is 5.96. The summed E-state index contributed by atoms with van der Waals surface area (Å²) in [4.78, 5) is 2.42. The molecule has 0 bridgehead atoms. The van der Waals surface area contributed by atoms with Gasteiger partial charge in [-0.15, -0.1) is 0 Å². The average Bonchev–Trinajstić information content (AvgIpc) is 2.38. The fraction of sp³-hybridized carbons (Fsp3) is 1.00. The number of hydrogen-bond donors (Lipinski definition) is 1. The number of morpholine rings is 1. The molecule has 1 heterocycles. The van der Waals surface area contributed by atoms with E-state index in [0.717, 1.165) is 58.5 Å². The van der Waals surface area contributed by atoms with Crippen LogP contribution in [-0.4, -0.2) is 56.0 Å². The molecule has 2 rings (SSSR count). The molecule has 1 aliphatic heterocycles. The van der Waals surface area contributed by atoms with Gasteiger partial charge in [0.05, 0.1) is 25.4 Å². The van der Waals surface area contributed by atoms with E-state index in [1.165, 1.54) is 0 Å². The van der Waals surface area contributed by atoms with Crippen LogP contribution in [0.2, 0.25) is 0 Å². The average molecular weight is 242 g/mol. The van der Waals surface area contributed by atoms with Crippen molar-refractivity contribution < 1.29 is 9.47 Å². The van der Waals surface area contributed by atoms with E-state index in [-0.39, 0.29) is 6.10 Å². The number of nitrogens with two attached hydrogens (primary N) is 1. The van der Waals surface area contributed by atoms with Crippen LogP contribution in [0.5, 0.6) is 0 Å². The van der Waals surface area contributed by atoms with Gasteiger partial charge in [0.1, 0.15) is 0 Å². The second kappa shape index (κ2) is 6.69. The van der Waals surface area contributed by atoms with E-state index in [0.29, 0.717) is 12.1 Å². The van der Waals surface area contributed by atoms with Crippen LogP contribution in [0.15, 0.2) is 0 Å². The van der Waals surface area contributed by atoms with Crippen molar-refractivity contribution in [1.82, 2.24) is 4.90 Å². The van der Waals surface area contributed by atoms with Gasteiger partial charge >= 0.3 is 0 Å². The molecule has 100 valence electrons. The van der Waals surface area contributed by atoms with Crippen molar-refractivity contribution >= 4 is 0 Å². The molecule has 0 amide bonds. The summed E-state index contributed by atoms with van der Waals surface area (Å²) in [6.45, 7) is 6.98. The van der Waals surface area contributed by atoms with Crippen LogP contribution in [0.4, 0.5) is 0 Å². The quantitative estimate of drug-likeness (QED) is 0.799. The molecule has 1 saturated heterocycles. The fourth-order valence-electron chi connectivity index (χ4n) is 2.67. The zero-order valence-electron chi connectivity index (χ0n) is 10.9. The Labute approximate surface area is 104 Å². The Balaban J connectivity index is 1.64. The molecule has 1 aliphatic carbocycles. The molecule has 2 fully saturated rings. The summed E-state index contributed by atoms with van der Waals surface area (Å²) < 4.78 is 11.7. The molecule has 0 aromatic heterocycles. The van der Waals surface area contributed by atoms with E-state index in [1.54, 1.807) is 0 Å². The Morgan fingerprint density at radius 1 is 1.29 bits per heavy atom. The predicted octanol–water partition coefficient (Wildman–Crippen LogP) is 0.994. The van der Waals surface area contributed by atoms with Gasteiger partial charge in [-0.1, -0.05) is 6.92 Å². The molecular weight excluding hydrogens is 216 g/mol. The van der Waals surface area contributed by atoms with Crippen LogP contribution in [0.1, 0.15) is 32.6 Å². The Morgan fingerprint density at radius 3 is 2.76 bits per heavy atom. The van der Waals surface area contributed by atoms with Crippen molar-refractivity contribution in [3.05, 3.63) is 0 Å². The first-order valence-electron chi connectivity index (χ1n) is 6.99. The lowest BCUT2D eigenvalue weighted by Crippen LogP contribution is -2.45. The number of likely N-dealkylation sites (N-methyl/N-ethyl adjacent to an activating group) is 1. The molecule has 0 aromatic rings. The lowest BCUT2D eigenvalue weighted by molar-refractivity contribution is -0.0896. The predicted molar refractivity (Wildman–Crippen MR) is 68.0 cm³/mol. The largest absolute Gasteiger partial charge is 0.375 e. The Bertz CT molecular complexity index is 217. The van der Waals surface area contributed by atoms with E-state index in [9.17, 15) is 0 Å². The normalized spacial score (nSPS) is 36.0. The van der Waals surface area contributed by atoms with E-state index in [2.05, 4.69) is 11.8 Å². The summed E-state index contributed by atoms with van der Waals surface area (Å²) in [6.07, 6.45) is 5.13. The zero-order valence-corrected chi connectivity index (χ0v) is 10.9. The molecule has 1 unspecified atom stereocenters. The van der Waals surface area contributed by atoms with Crippen LogP contribution in [-0.2, 0) is 9.47 Å². The third-order valence-electron chi connectivity index (χ3n) is 3.91. The highest BCUT2D eigenvalue weighted by Gasteiger charge is 2.23. The lowest BCUT2D eigenvalue weighted by atomic mass is 9.94. The second-order valence-electron chi connectivity index (χ2n) is 5.26. The molecule has 4 heteroatoms. The lowest BCUT2D eigenvalue weighted by Gasteiger charge is -2.33. The Kier molecular flexibility index (Phi) is 5.22. The van der Waals surface area contributed by atoms with E-state index < -0.39 is 0 Å². The first-order chi connectivity index (χ1) is 8.28. The first kappa shape index (κ1) is 13.3. The summed E-state index contributed by atoms with van der Waals surface area (Å²) in [5.41, 5.74) is 5.89. The molecule has 17 heavy (non-hydrogen) atoms. The van der Waals surface area contributed by atoms with Crippen LogP contribution in [0.25, 0.3) is 0 Å². The van der Waals surface area contributed by atoms with Gasteiger partial charge < -0.3 is 15.2 Å². The number of nitrogens with zero attached hydrogens (tertiary/aromatic N) is 1. The maximum Gasteiger partial charge on any atom is 0.0935 e. The smallest absolute Gasteiger partial charge is 0.0935 e. The van der Waals surface area contributed by atoms with E-state index in [1.807, 2.05) is 0 Å². The van der Waals surface area contributed by atoms with Crippen LogP contribution < -0.4 is 5.73 Å². The molecule has 2 N–H and O–H groups in total. The van der Waals surface area contributed by atoms with Gasteiger partial charge in [-0.05, 0) is 32.2 Å². The van der Waals surface area contributed by atoms with Crippen LogP contribution >= 0.6 is 0 Å². The highest BCUT2D eigenvalue weighted by molar-refractivity contribution is 4.76. The molecule has 4 nitrogen and oxygen atoms in total. The van der Waals surface area contributed by atoms with Crippen molar-refractivity contribution in [2.45, 2.75) is 50.9 Å². The molecule has 2 aliphatic rings. The van der Waals surface area contributed by atoms with Crippen molar-refractivity contribution in [1.29, 1.82) is 0 Å². The highest BCUT2D eigenvalue weighted by Crippen LogP contribution is 2.20. The minimum atomic E-state index is 0.263. The number of ether oxygens (including phenoxy) is 2. The summed E-state index contributed by atoms with van der Waals surface area (Å²) in [5, 5.41) is 0. The summed E-state index contributed by atoms with van der Waals surface area (Å²) in [7, 11) is 0. The summed E-state index contributed by atoms with van der Waals surface area (Å²) in [6, 6.07) is 0.399. The van der Waals surface area contributed by atoms with Gasteiger partial charge in [0.15, 0.2) is 0 Å². The topological polar surface area (TPSA) is 47.7 Å². The SMILES string of the molecule is CCN1CCOC(COC2CCC(N)CC2)C1. The van der Waals surface area contributed by atoms with Gasteiger partial charge in [0, 0.05) is 19.1 Å². The molecular formula is C13H26N2O2. The highest BCUT2D eigenvalue weighted by atomic mass is 16.5. The second-order valence-corrected chi connectivity index (χ2v) is 5.26. The van der Waals surface area contributed by atoms with Crippen molar-refractivity contribution in [3.8, 4) is 0 Å². The first-order valence-corrected chi connectivity index (χ1v) is 6.99. The standard InChI is InChI=1S/C13H26N2O2/c1-2-15-7-8-16-13(9-15)10-17-12-5-3-11(14)4-6-12/h11-13H,2-10,14H2,1H3. The number of rotatable bonds is 4. The van der Waals surface area contributed by atoms with Gasteiger partial charge in [-0.25, -0.2) is 0 Å². The molecule has 0 spiro atoms. The Morgan fingerprint density at radius 2 is 2.06 bits per heavy atom. The molecule has 1 atom stereocenters. The third-order valence-corrected chi connectivity index (χ3v) is 3.91. The van der Waals surface area contributed by atoms with E-state index in [4.69, 9.17) is 15.2 Å². The Hall–Kier alpha value is -0.160. The zero-order chi connectivity index (χ0) is 12.1. The molecule has 0 aromatic carbocycles. The van der Waals surface area contributed by atoms with Crippen molar-refractivity contribution in [2.24, 2.45) is 5.73 Å². The minimum Gasteiger partial charge on any atom is -0.375 e. The summed E-state index contributed by atoms with van der Waals surface area (Å²) >= 11 is 0. The third kappa shape index (κ3) is 4.21. The van der Waals surface area contributed by atoms with Crippen molar-refractivity contribution in [2.75, 3.05) is 32.8 Å². The van der Waals surface area contributed by atoms with Gasteiger partial charge in [0.2, 0.25) is 0 Å². The fourth-order valence-corrected chi connectivity index (χ4v) is 2.67. The van der Waals surface area contributed by atoms with Gasteiger partial charge in [0.25, 0.3) is 0 Å². The number of hydrogen-bond acceptors (Lipinski definition) is 4. The van der Waals surface area contributed by atoms with Crippen LogP contribution in [0, 0.1) is 0 Å². The maximum absolute atomic E-state index is 5.96. The minimum absolute atomic E-state index is 0.263. The van der Waals surface area contributed by atoms with Gasteiger partial charge in [-0.2, -0.15) is 0 Å².